The maximum atomic E-state index is 12.2. The number of carbonyl (C=O) groups excluding carboxylic acids is 1. The SMILES string of the molecule is [C-]#[N+]c1cc2ncnc(NCCc3cnc(NC(=O)Nc4cccc(C)c4)s3)c2s1. The van der Waals surface area contributed by atoms with Gasteiger partial charge in [-0.3, -0.25) is 5.32 Å². The average Bonchev–Trinajstić information content (AvgIpc) is 3.35. The second-order valence-electron chi connectivity index (χ2n) is 6.39. The van der Waals surface area contributed by atoms with Crippen molar-refractivity contribution in [2.75, 3.05) is 22.5 Å². The summed E-state index contributed by atoms with van der Waals surface area (Å²) in [6.07, 6.45) is 3.98. The zero-order valence-electron chi connectivity index (χ0n) is 16.0. The Labute approximate surface area is 180 Å². The maximum absolute atomic E-state index is 12.2. The van der Waals surface area contributed by atoms with Gasteiger partial charge in [-0.15, -0.1) is 22.7 Å². The molecule has 2 amide bonds. The maximum Gasteiger partial charge on any atom is 0.325 e. The molecule has 30 heavy (non-hydrogen) atoms. The topological polar surface area (TPSA) is 96.2 Å². The first-order chi connectivity index (χ1) is 14.6. The van der Waals surface area contributed by atoms with Gasteiger partial charge in [-0.1, -0.05) is 12.1 Å². The van der Waals surface area contributed by atoms with E-state index in [9.17, 15) is 4.79 Å². The first kappa shape index (κ1) is 19.8. The third-order valence-corrected chi connectivity index (χ3v) is 6.12. The summed E-state index contributed by atoms with van der Waals surface area (Å²) in [5.74, 6) is 0.722. The lowest BCUT2D eigenvalue weighted by Crippen LogP contribution is -2.19. The van der Waals surface area contributed by atoms with Crippen LogP contribution in [0.25, 0.3) is 15.1 Å². The molecule has 0 spiro atoms. The molecule has 3 N–H and O–H groups in total. The number of aryl methyl sites for hydroxylation is 1. The number of hydrogen-bond acceptors (Lipinski definition) is 7. The zero-order valence-corrected chi connectivity index (χ0v) is 17.6. The summed E-state index contributed by atoms with van der Waals surface area (Å²) in [4.78, 5) is 29.4. The van der Waals surface area contributed by atoms with Crippen LogP contribution in [-0.2, 0) is 6.42 Å². The Balaban J connectivity index is 1.31. The van der Waals surface area contributed by atoms with Crippen LogP contribution >= 0.6 is 22.7 Å². The molecule has 0 unspecified atom stereocenters. The zero-order chi connectivity index (χ0) is 20.9. The highest BCUT2D eigenvalue weighted by molar-refractivity contribution is 7.23. The molecule has 1 aromatic carbocycles. The number of hydrogen-bond donors (Lipinski definition) is 3. The van der Waals surface area contributed by atoms with Gasteiger partial charge in [0.2, 0.25) is 5.00 Å². The largest absolute Gasteiger partial charge is 0.368 e. The quantitative estimate of drug-likeness (QED) is 0.357. The first-order valence-electron chi connectivity index (χ1n) is 9.06. The molecule has 3 heterocycles. The minimum absolute atomic E-state index is 0.323. The highest BCUT2D eigenvalue weighted by Crippen LogP contribution is 2.34. The molecule has 0 bridgehead atoms. The fourth-order valence-corrected chi connectivity index (χ4v) is 4.46. The highest BCUT2D eigenvalue weighted by Gasteiger charge is 2.10. The van der Waals surface area contributed by atoms with E-state index >= 15 is 0 Å². The van der Waals surface area contributed by atoms with Crippen molar-refractivity contribution in [2.24, 2.45) is 0 Å². The molecule has 150 valence electrons. The van der Waals surface area contributed by atoms with Gasteiger partial charge in [-0.05, 0) is 30.7 Å². The van der Waals surface area contributed by atoms with E-state index in [-0.39, 0.29) is 6.03 Å². The van der Waals surface area contributed by atoms with Crippen LogP contribution in [0.2, 0.25) is 0 Å². The third kappa shape index (κ3) is 4.71. The predicted octanol–water partition coefficient (Wildman–Crippen LogP) is 5.31. The van der Waals surface area contributed by atoms with Gasteiger partial charge in [0.05, 0.1) is 16.8 Å². The van der Waals surface area contributed by atoms with E-state index in [2.05, 4.69) is 35.7 Å². The van der Waals surface area contributed by atoms with Crippen molar-refractivity contribution in [1.29, 1.82) is 0 Å². The number of amides is 2. The molecule has 0 aliphatic carbocycles. The monoisotopic (exact) mass is 435 g/mol. The van der Waals surface area contributed by atoms with E-state index in [4.69, 9.17) is 6.57 Å². The lowest BCUT2D eigenvalue weighted by molar-refractivity contribution is 0.262. The molecule has 0 saturated heterocycles. The van der Waals surface area contributed by atoms with E-state index < -0.39 is 0 Å². The summed E-state index contributed by atoms with van der Waals surface area (Å²) < 4.78 is 0.878. The standard InChI is InChI=1S/C20H17N7OS2/c1-12-4-3-5-13(8-12)26-19(28)27-20-23-10-14(29-20)6-7-22-18-17-15(24-11-25-18)9-16(21-2)30-17/h3-5,8-11H,6-7H2,1H3,(H,22,24,25)(H2,23,26,27,28). The molecular formula is C20H17N7OS2. The first-order valence-corrected chi connectivity index (χ1v) is 10.7. The number of urea groups is 1. The number of thiophene rings is 1. The molecule has 8 nitrogen and oxygen atoms in total. The minimum Gasteiger partial charge on any atom is -0.368 e. The van der Waals surface area contributed by atoms with Gasteiger partial charge < -0.3 is 10.6 Å². The number of nitrogens with one attached hydrogen (secondary N) is 3. The molecular weight excluding hydrogens is 418 g/mol. The Morgan fingerprint density at radius 3 is 2.90 bits per heavy atom. The minimum atomic E-state index is -0.323. The molecule has 4 aromatic rings. The molecule has 0 aliphatic heterocycles. The third-order valence-electron chi connectivity index (χ3n) is 4.12. The van der Waals surface area contributed by atoms with Crippen molar-refractivity contribution < 1.29 is 4.79 Å². The van der Waals surface area contributed by atoms with Crippen molar-refractivity contribution in [3.63, 3.8) is 0 Å². The van der Waals surface area contributed by atoms with Crippen LogP contribution < -0.4 is 16.0 Å². The Kier molecular flexibility index (Phi) is 5.83. The van der Waals surface area contributed by atoms with Crippen LogP contribution in [0.15, 0.2) is 42.9 Å². The van der Waals surface area contributed by atoms with Crippen LogP contribution in [-0.4, -0.2) is 27.5 Å². The average molecular weight is 436 g/mol. The van der Waals surface area contributed by atoms with Gasteiger partial charge in [-0.2, -0.15) is 0 Å². The van der Waals surface area contributed by atoms with Gasteiger partial charge in [0.25, 0.3) is 0 Å². The summed E-state index contributed by atoms with van der Waals surface area (Å²) in [6.45, 7) is 9.77. The molecule has 0 radical (unpaired) electrons. The van der Waals surface area contributed by atoms with Crippen molar-refractivity contribution in [2.45, 2.75) is 13.3 Å². The number of carbonyl (C=O) groups is 1. The lowest BCUT2D eigenvalue weighted by Gasteiger charge is -2.06. The number of fused-ring (bicyclic) bond motifs is 1. The summed E-state index contributed by atoms with van der Waals surface area (Å²) >= 11 is 2.81. The summed E-state index contributed by atoms with van der Waals surface area (Å²) in [5.41, 5.74) is 2.58. The van der Waals surface area contributed by atoms with Crippen molar-refractivity contribution in [1.82, 2.24) is 15.0 Å². The fourth-order valence-electron chi connectivity index (χ4n) is 2.79. The molecule has 0 atom stereocenters. The van der Waals surface area contributed by atoms with Crippen molar-refractivity contribution >= 4 is 60.6 Å². The van der Waals surface area contributed by atoms with Crippen LogP contribution in [0.4, 0.5) is 26.4 Å². The van der Waals surface area contributed by atoms with Crippen LogP contribution in [0.1, 0.15) is 10.4 Å². The van der Waals surface area contributed by atoms with E-state index in [1.807, 2.05) is 31.2 Å². The van der Waals surface area contributed by atoms with Crippen molar-refractivity contribution in [3.05, 3.63) is 64.7 Å². The summed E-state index contributed by atoms with van der Waals surface area (Å²) in [5, 5.41) is 9.99. The fraction of sp³-hybridized carbons (Fsp3) is 0.150. The van der Waals surface area contributed by atoms with Gasteiger partial charge >= 0.3 is 6.03 Å². The molecule has 0 saturated carbocycles. The van der Waals surface area contributed by atoms with Gasteiger partial charge in [0.15, 0.2) is 5.13 Å². The smallest absolute Gasteiger partial charge is 0.325 e. The van der Waals surface area contributed by atoms with Gasteiger partial charge in [0, 0.05) is 29.7 Å². The van der Waals surface area contributed by atoms with E-state index in [0.717, 1.165) is 38.6 Å². The van der Waals surface area contributed by atoms with E-state index in [1.165, 1.54) is 29.0 Å². The van der Waals surface area contributed by atoms with E-state index in [1.54, 1.807) is 12.3 Å². The number of aromatic nitrogens is 3. The number of anilines is 3. The van der Waals surface area contributed by atoms with Crippen molar-refractivity contribution in [3.8, 4) is 0 Å². The Morgan fingerprint density at radius 2 is 2.07 bits per heavy atom. The summed E-state index contributed by atoms with van der Waals surface area (Å²) in [7, 11) is 0. The van der Waals surface area contributed by atoms with Crippen LogP contribution in [0.5, 0.6) is 0 Å². The lowest BCUT2D eigenvalue weighted by atomic mass is 10.2. The van der Waals surface area contributed by atoms with Gasteiger partial charge in [-0.25, -0.2) is 24.6 Å². The predicted molar refractivity (Wildman–Crippen MR) is 122 cm³/mol. The summed E-state index contributed by atoms with van der Waals surface area (Å²) in [6, 6.07) is 9.05. The normalized spacial score (nSPS) is 10.5. The highest BCUT2D eigenvalue weighted by atomic mass is 32.1. The van der Waals surface area contributed by atoms with Crippen LogP contribution in [0.3, 0.4) is 0 Å². The Morgan fingerprint density at radius 1 is 1.17 bits per heavy atom. The second kappa shape index (κ2) is 8.86. The molecule has 4 rings (SSSR count). The van der Waals surface area contributed by atoms with Gasteiger partial charge in [0.1, 0.15) is 12.1 Å². The molecule has 3 aromatic heterocycles. The Bertz CT molecular complexity index is 1240. The number of thiazole rings is 1. The van der Waals surface area contributed by atoms with E-state index in [0.29, 0.717) is 16.7 Å². The molecule has 0 fully saturated rings. The number of rotatable bonds is 6. The second-order valence-corrected chi connectivity index (χ2v) is 8.54. The number of nitrogens with zero attached hydrogens (tertiary/aromatic N) is 4. The Hall–Kier alpha value is -3.55. The number of benzene rings is 1. The molecule has 10 heteroatoms. The van der Waals surface area contributed by atoms with Crippen LogP contribution in [0, 0.1) is 13.5 Å². The molecule has 0 aliphatic rings.